The molecular formula is C16H15N3O2S. The fourth-order valence-electron chi connectivity index (χ4n) is 2.00. The van der Waals surface area contributed by atoms with Gasteiger partial charge < -0.3 is 16.8 Å². The van der Waals surface area contributed by atoms with Gasteiger partial charge >= 0.3 is 0 Å². The molecule has 0 saturated carbocycles. The number of anilines is 1. The van der Waals surface area contributed by atoms with Crippen LogP contribution in [-0.4, -0.2) is 16.8 Å². The highest BCUT2D eigenvalue weighted by molar-refractivity contribution is 7.80. The molecule has 112 valence electrons. The highest BCUT2D eigenvalue weighted by atomic mass is 32.1. The van der Waals surface area contributed by atoms with E-state index in [4.69, 9.17) is 23.7 Å². The van der Waals surface area contributed by atoms with E-state index in [1.807, 2.05) is 12.1 Å². The summed E-state index contributed by atoms with van der Waals surface area (Å²) in [5, 5.41) is 2.76. The second-order valence-electron chi connectivity index (χ2n) is 4.70. The maximum Gasteiger partial charge on any atom is 0.255 e. The number of hydrogen-bond acceptors (Lipinski definition) is 3. The van der Waals surface area contributed by atoms with E-state index in [1.54, 1.807) is 36.4 Å². The Kier molecular flexibility index (Phi) is 4.85. The van der Waals surface area contributed by atoms with Crippen LogP contribution in [0.4, 0.5) is 5.69 Å². The average molecular weight is 313 g/mol. The van der Waals surface area contributed by atoms with Crippen molar-refractivity contribution in [3.05, 3.63) is 65.2 Å². The SMILES string of the molecule is NC(=O)c1ccc(NC(=O)c2ccccc2CC(N)=S)cc1. The first-order chi connectivity index (χ1) is 10.5. The summed E-state index contributed by atoms with van der Waals surface area (Å²) in [5.41, 5.74) is 12.9. The molecule has 22 heavy (non-hydrogen) atoms. The molecule has 0 aliphatic carbocycles. The summed E-state index contributed by atoms with van der Waals surface area (Å²) in [5.74, 6) is -0.779. The summed E-state index contributed by atoms with van der Waals surface area (Å²) < 4.78 is 0. The molecule has 2 aromatic rings. The number of nitrogens with two attached hydrogens (primary N) is 2. The van der Waals surface area contributed by atoms with Crippen LogP contribution < -0.4 is 16.8 Å². The van der Waals surface area contributed by atoms with Crippen molar-refractivity contribution in [1.29, 1.82) is 0 Å². The predicted molar refractivity (Wildman–Crippen MR) is 89.8 cm³/mol. The number of rotatable bonds is 5. The number of hydrogen-bond donors (Lipinski definition) is 3. The van der Waals surface area contributed by atoms with Crippen LogP contribution in [0.1, 0.15) is 26.3 Å². The van der Waals surface area contributed by atoms with Crippen LogP contribution in [0.2, 0.25) is 0 Å². The molecule has 2 rings (SSSR count). The largest absolute Gasteiger partial charge is 0.393 e. The lowest BCUT2D eigenvalue weighted by Gasteiger charge is -2.10. The van der Waals surface area contributed by atoms with Crippen molar-refractivity contribution in [2.45, 2.75) is 6.42 Å². The molecule has 0 aromatic heterocycles. The molecule has 0 atom stereocenters. The van der Waals surface area contributed by atoms with Crippen molar-refractivity contribution in [3.63, 3.8) is 0 Å². The molecule has 0 unspecified atom stereocenters. The second kappa shape index (κ2) is 6.82. The molecule has 0 aliphatic rings. The van der Waals surface area contributed by atoms with Crippen LogP contribution in [0.15, 0.2) is 48.5 Å². The Morgan fingerprint density at radius 3 is 2.23 bits per heavy atom. The number of nitrogens with one attached hydrogen (secondary N) is 1. The summed E-state index contributed by atoms with van der Waals surface area (Å²) in [6, 6.07) is 13.5. The Labute approximate surface area is 133 Å². The molecule has 5 nitrogen and oxygen atoms in total. The van der Waals surface area contributed by atoms with Gasteiger partial charge in [-0.05, 0) is 35.9 Å². The highest BCUT2D eigenvalue weighted by Gasteiger charge is 2.12. The molecule has 0 bridgehead atoms. The second-order valence-corrected chi connectivity index (χ2v) is 5.22. The molecule has 2 aromatic carbocycles. The minimum atomic E-state index is -0.514. The molecule has 0 spiro atoms. The van der Waals surface area contributed by atoms with Gasteiger partial charge in [0.15, 0.2) is 0 Å². The zero-order valence-corrected chi connectivity index (χ0v) is 12.5. The average Bonchev–Trinajstić information content (AvgIpc) is 2.47. The lowest BCUT2D eigenvalue weighted by atomic mass is 10.0. The van der Waals surface area contributed by atoms with Gasteiger partial charge in [-0.2, -0.15) is 0 Å². The lowest BCUT2D eigenvalue weighted by molar-refractivity contribution is 0.0998. The van der Waals surface area contributed by atoms with Gasteiger partial charge in [-0.1, -0.05) is 30.4 Å². The molecule has 0 saturated heterocycles. The molecule has 2 amide bonds. The molecule has 0 aliphatic heterocycles. The van der Waals surface area contributed by atoms with Gasteiger partial charge in [-0.3, -0.25) is 9.59 Å². The Hall–Kier alpha value is -2.73. The van der Waals surface area contributed by atoms with Gasteiger partial charge in [0.1, 0.15) is 0 Å². The van der Waals surface area contributed by atoms with E-state index in [1.165, 1.54) is 0 Å². The summed E-state index contributed by atoms with van der Waals surface area (Å²) in [7, 11) is 0. The van der Waals surface area contributed by atoms with Crippen LogP contribution >= 0.6 is 12.2 Å². The topological polar surface area (TPSA) is 98.2 Å². The third-order valence-corrected chi connectivity index (χ3v) is 3.20. The fourth-order valence-corrected chi connectivity index (χ4v) is 2.16. The van der Waals surface area contributed by atoms with Gasteiger partial charge in [0.2, 0.25) is 5.91 Å². The van der Waals surface area contributed by atoms with Gasteiger partial charge in [0, 0.05) is 23.2 Å². The van der Waals surface area contributed by atoms with Crippen molar-refractivity contribution in [2.75, 3.05) is 5.32 Å². The summed E-state index contributed by atoms with van der Waals surface area (Å²) in [4.78, 5) is 23.7. The van der Waals surface area contributed by atoms with Gasteiger partial charge in [-0.15, -0.1) is 0 Å². The maximum atomic E-state index is 12.3. The lowest BCUT2D eigenvalue weighted by Crippen LogP contribution is -2.18. The molecule has 6 heteroatoms. The number of amides is 2. The van der Waals surface area contributed by atoms with Crippen LogP contribution in [0, 0.1) is 0 Å². The van der Waals surface area contributed by atoms with Crippen molar-refractivity contribution in [1.82, 2.24) is 0 Å². The van der Waals surface area contributed by atoms with Crippen LogP contribution in [0.25, 0.3) is 0 Å². The Morgan fingerprint density at radius 1 is 1.00 bits per heavy atom. The van der Waals surface area contributed by atoms with Gasteiger partial charge in [0.25, 0.3) is 5.91 Å². The molecule has 0 radical (unpaired) electrons. The molecule has 0 fully saturated rings. The zero-order valence-electron chi connectivity index (χ0n) is 11.7. The molecular weight excluding hydrogens is 298 g/mol. The maximum absolute atomic E-state index is 12.3. The van der Waals surface area contributed by atoms with Crippen molar-refractivity contribution >= 4 is 34.7 Å². The predicted octanol–water partition coefficient (Wildman–Crippen LogP) is 1.87. The van der Waals surface area contributed by atoms with Gasteiger partial charge in [0.05, 0.1) is 4.99 Å². The Bertz CT molecular complexity index is 726. The van der Waals surface area contributed by atoms with E-state index >= 15 is 0 Å². The van der Waals surface area contributed by atoms with E-state index in [-0.39, 0.29) is 5.91 Å². The van der Waals surface area contributed by atoms with Crippen LogP contribution in [-0.2, 0) is 6.42 Å². The van der Waals surface area contributed by atoms with E-state index in [2.05, 4.69) is 5.32 Å². The van der Waals surface area contributed by atoms with Crippen molar-refractivity contribution < 1.29 is 9.59 Å². The highest BCUT2D eigenvalue weighted by Crippen LogP contribution is 2.14. The monoisotopic (exact) mass is 313 g/mol. The molecule has 5 N–H and O–H groups in total. The normalized spacial score (nSPS) is 10.0. The Morgan fingerprint density at radius 2 is 1.64 bits per heavy atom. The van der Waals surface area contributed by atoms with Crippen molar-refractivity contribution in [3.8, 4) is 0 Å². The van der Waals surface area contributed by atoms with Crippen LogP contribution in [0.3, 0.4) is 0 Å². The van der Waals surface area contributed by atoms with Crippen LogP contribution in [0.5, 0.6) is 0 Å². The fraction of sp³-hybridized carbons (Fsp3) is 0.0625. The summed E-state index contributed by atoms with van der Waals surface area (Å²) in [6.07, 6.45) is 0.361. The standard InChI is InChI=1S/C16H15N3O2S/c17-14(22)9-11-3-1-2-4-13(11)16(21)19-12-7-5-10(6-8-12)15(18)20/h1-8H,9H2,(H2,17,22)(H2,18,20)(H,19,21). The van der Waals surface area contributed by atoms with Gasteiger partial charge in [-0.25, -0.2) is 0 Å². The minimum absolute atomic E-state index is 0.265. The van der Waals surface area contributed by atoms with Crippen molar-refractivity contribution in [2.24, 2.45) is 11.5 Å². The first kappa shape index (κ1) is 15.7. The number of carbonyl (C=O) groups excluding carboxylic acids is 2. The van der Waals surface area contributed by atoms with E-state index < -0.39 is 5.91 Å². The minimum Gasteiger partial charge on any atom is -0.393 e. The summed E-state index contributed by atoms with van der Waals surface area (Å²) >= 11 is 4.89. The number of benzene rings is 2. The third-order valence-electron chi connectivity index (χ3n) is 3.05. The smallest absolute Gasteiger partial charge is 0.255 e. The van der Waals surface area contributed by atoms with E-state index in [0.717, 1.165) is 5.56 Å². The first-order valence-electron chi connectivity index (χ1n) is 6.55. The summed E-state index contributed by atoms with van der Waals surface area (Å²) in [6.45, 7) is 0. The number of thiocarbonyl (C=S) groups is 1. The number of carbonyl (C=O) groups is 2. The zero-order chi connectivity index (χ0) is 16.1. The third kappa shape index (κ3) is 3.89. The quantitative estimate of drug-likeness (QED) is 0.734. The Balaban J connectivity index is 2.18. The first-order valence-corrected chi connectivity index (χ1v) is 6.95. The molecule has 0 heterocycles. The van der Waals surface area contributed by atoms with E-state index in [0.29, 0.717) is 28.2 Å². The van der Waals surface area contributed by atoms with E-state index in [9.17, 15) is 9.59 Å². The number of primary amides is 1.